The Morgan fingerprint density at radius 2 is 1.74 bits per heavy atom. The van der Waals surface area contributed by atoms with Crippen molar-refractivity contribution in [2.24, 2.45) is 0 Å². The molecule has 9 nitrogen and oxygen atoms in total. The molecule has 2 atom stereocenters. The van der Waals surface area contributed by atoms with E-state index in [1.54, 1.807) is 50.8 Å². The monoisotopic (exact) mass is 602 g/mol. The maximum absolute atomic E-state index is 14.0. The number of benzene rings is 2. The highest BCUT2D eigenvalue weighted by Crippen LogP contribution is 2.42. The van der Waals surface area contributed by atoms with Gasteiger partial charge in [0, 0.05) is 18.1 Å². The van der Waals surface area contributed by atoms with E-state index < -0.39 is 41.1 Å². The van der Waals surface area contributed by atoms with Gasteiger partial charge in [-0.05, 0) is 49.0 Å². The summed E-state index contributed by atoms with van der Waals surface area (Å²) in [7, 11) is 0. The first-order valence-corrected chi connectivity index (χ1v) is 15.2. The number of nitrogens with zero attached hydrogens (tertiary/aromatic N) is 3. The molecule has 1 saturated heterocycles. The zero-order chi connectivity index (χ0) is 29.7. The van der Waals surface area contributed by atoms with Gasteiger partial charge in [-0.2, -0.15) is 0 Å². The number of fused-ring (bicyclic) bond motifs is 1. The highest BCUT2D eigenvalue weighted by atomic mass is 32.2. The SMILES string of the molecule is CC(C)(C)OC(=O)NC1C(=O)N2C(C(=O)OC(c3ccccc3)c3ccccc3)=C(C=CSc3cnccn3)CS[C@H]12. The highest BCUT2D eigenvalue weighted by Gasteiger charge is 2.54. The van der Waals surface area contributed by atoms with Crippen LogP contribution in [-0.2, 0) is 19.1 Å². The molecule has 0 spiro atoms. The van der Waals surface area contributed by atoms with Crippen LogP contribution >= 0.6 is 23.5 Å². The van der Waals surface area contributed by atoms with E-state index in [9.17, 15) is 14.4 Å². The van der Waals surface area contributed by atoms with Crippen LogP contribution in [0.2, 0.25) is 0 Å². The van der Waals surface area contributed by atoms with Crippen LogP contribution in [0.15, 0.2) is 107 Å². The average Bonchev–Trinajstić information content (AvgIpc) is 2.98. The molecule has 0 aliphatic carbocycles. The molecule has 11 heteroatoms. The van der Waals surface area contributed by atoms with Gasteiger partial charge in [0.1, 0.15) is 27.7 Å². The third kappa shape index (κ3) is 6.85. The number of alkyl carbamates (subject to hydrolysis) is 1. The van der Waals surface area contributed by atoms with Gasteiger partial charge in [-0.1, -0.05) is 72.4 Å². The van der Waals surface area contributed by atoms with Crippen LogP contribution in [0, 0.1) is 0 Å². The molecule has 42 heavy (non-hydrogen) atoms. The van der Waals surface area contributed by atoms with Gasteiger partial charge < -0.3 is 14.8 Å². The van der Waals surface area contributed by atoms with Crippen molar-refractivity contribution in [1.82, 2.24) is 20.2 Å². The summed E-state index contributed by atoms with van der Waals surface area (Å²) < 4.78 is 11.5. The zero-order valence-electron chi connectivity index (χ0n) is 23.3. The normalized spacial score (nSPS) is 18.5. The fourth-order valence-corrected chi connectivity index (χ4v) is 6.41. The maximum Gasteiger partial charge on any atom is 0.408 e. The standard InChI is InChI=1S/C31H30N4O5S2/c1-31(2,3)40-30(38)34-24-27(36)35-25(22(19-42-28(24)35)14-17-41-23-18-32-15-16-33-23)29(37)39-26(20-10-6-4-7-11-20)21-12-8-5-9-13-21/h4-18,24,26,28H,19H2,1-3H3,(H,34,38)/t24?,28-/m1/s1. The number of carbonyl (C=O) groups is 3. The number of allylic oxidation sites excluding steroid dienone is 1. The third-order valence-corrected chi connectivity index (χ3v) is 8.32. The van der Waals surface area contributed by atoms with Gasteiger partial charge in [0.25, 0.3) is 5.91 Å². The summed E-state index contributed by atoms with van der Waals surface area (Å²) in [4.78, 5) is 49.6. The number of aromatic nitrogens is 2. The predicted molar refractivity (Wildman–Crippen MR) is 161 cm³/mol. The zero-order valence-corrected chi connectivity index (χ0v) is 24.9. The van der Waals surface area contributed by atoms with Crippen LogP contribution in [0.25, 0.3) is 0 Å². The van der Waals surface area contributed by atoms with Crippen LogP contribution in [0.5, 0.6) is 0 Å². The fourth-order valence-electron chi connectivity index (χ4n) is 4.47. The van der Waals surface area contributed by atoms with Crippen molar-refractivity contribution in [3.05, 3.63) is 113 Å². The number of nitrogens with one attached hydrogen (secondary N) is 1. The lowest BCUT2D eigenvalue weighted by Crippen LogP contribution is -2.70. The van der Waals surface area contributed by atoms with E-state index >= 15 is 0 Å². The molecule has 216 valence electrons. The Morgan fingerprint density at radius 1 is 1.07 bits per heavy atom. The van der Waals surface area contributed by atoms with Gasteiger partial charge in [-0.3, -0.25) is 14.7 Å². The predicted octanol–water partition coefficient (Wildman–Crippen LogP) is 5.48. The Bertz CT molecular complexity index is 1450. The van der Waals surface area contributed by atoms with E-state index in [1.165, 1.54) is 28.4 Å². The van der Waals surface area contributed by atoms with Gasteiger partial charge in [0.2, 0.25) is 0 Å². The van der Waals surface area contributed by atoms with Crippen molar-refractivity contribution < 1.29 is 23.9 Å². The lowest BCUT2D eigenvalue weighted by Gasteiger charge is -2.49. The Kier molecular flexibility index (Phi) is 8.98. The van der Waals surface area contributed by atoms with E-state index in [2.05, 4.69) is 15.3 Å². The number of rotatable bonds is 8. The third-order valence-electron chi connectivity index (χ3n) is 6.29. The number of hydrogen-bond acceptors (Lipinski definition) is 9. The number of thioether (sulfide) groups is 2. The minimum Gasteiger partial charge on any atom is -0.448 e. The van der Waals surface area contributed by atoms with E-state index in [0.717, 1.165) is 11.1 Å². The maximum atomic E-state index is 14.0. The second-order valence-corrected chi connectivity index (χ2v) is 12.5. The Hall–Kier alpha value is -4.09. The number of β-lactam (4-membered cyclic amide) rings is 1. The summed E-state index contributed by atoms with van der Waals surface area (Å²) in [6, 6.07) is 18.1. The van der Waals surface area contributed by atoms with Crippen LogP contribution in [0.4, 0.5) is 4.79 Å². The van der Waals surface area contributed by atoms with Crippen molar-refractivity contribution in [2.75, 3.05) is 5.75 Å². The van der Waals surface area contributed by atoms with E-state index in [1.807, 2.05) is 60.7 Å². The summed E-state index contributed by atoms with van der Waals surface area (Å²) in [5.74, 6) is -0.621. The largest absolute Gasteiger partial charge is 0.448 e. The molecular formula is C31H30N4O5S2. The first-order chi connectivity index (χ1) is 20.2. The van der Waals surface area contributed by atoms with Crippen LogP contribution in [0.1, 0.15) is 38.0 Å². The number of amides is 2. The summed E-state index contributed by atoms with van der Waals surface area (Å²) in [5, 5.41) is 4.68. The number of ether oxygens (including phenoxy) is 2. The van der Waals surface area contributed by atoms with Crippen molar-refractivity contribution in [3.8, 4) is 0 Å². The Balaban J connectivity index is 1.44. The van der Waals surface area contributed by atoms with E-state index in [0.29, 0.717) is 16.4 Å². The molecule has 1 unspecified atom stereocenters. The van der Waals surface area contributed by atoms with Crippen LogP contribution in [0.3, 0.4) is 0 Å². The minimum atomic E-state index is -0.828. The minimum absolute atomic E-state index is 0.152. The van der Waals surface area contributed by atoms with E-state index in [-0.39, 0.29) is 5.70 Å². The molecule has 2 amide bonds. The smallest absolute Gasteiger partial charge is 0.408 e. The molecule has 1 aromatic heterocycles. The Morgan fingerprint density at radius 3 is 2.33 bits per heavy atom. The molecule has 2 aliphatic rings. The number of hydrogen-bond donors (Lipinski definition) is 1. The molecule has 3 heterocycles. The average molecular weight is 603 g/mol. The molecule has 2 aliphatic heterocycles. The van der Waals surface area contributed by atoms with Gasteiger partial charge in [0.15, 0.2) is 6.10 Å². The van der Waals surface area contributed by atoms with Gasteiger partial charge >= 0.3 is 12.1 Å². The summed E-state index contributed by atoms with van der Waals surface area (Å²) in [6.45, 7) is 5.25. The van der Waals surface area contributed by atoms with Gasteiger partial charge in [-0.15, -0.1) is 11.8 Å². The molecule has 3 aromatic rings. The molecule has 1 N–H and O–H groups in total. The van der Waals surface area contributed by atoms with E-state index in [4.69, 9.17) is 9.47 Å². The quantitative estimate of drug-likeness (QED) is 0.204. The fraction of sp³-hybridized carbons (Fsp3) is 0.258. The molecule has 0 bridgehead atoms. The first kappa shape index (κ1) is 29.4. The second-order valence-electron chi connectivity index (χ2n) is 10.5. The molecule has 0 radical (unpaired) electrons. The van der Waals surface area contributed by atoms with Crippen LogP contribution in [-0.4, -0.2) is 55.6 Å². The van der Waals surface area contributed by atoms with Gasteiger partial charge in [0.05, 0.1) is 6.20 Å². The molecule has 0 saturated carbocycles. The molecule has 2 aromatic carbocycles. The summed E-state index contributed by atoms with van der Waals surface area (Å²) in [6.07, 6.45) is 5.25. The number of carbonyl (C=O) groups excluding carboxylic acids is 3. The molecule has 1 fully saturated rings. The highest BCUT2D eigenvalue weighted by molar-refractivity contribution is 8.02. The van der Waals surface area contributed by atoms with Crippen LogP contribution < -0.4 is 5.32 Å². The van der Waals surface area contributed by atoms with Crippen molar-refractivity contribution in [1.29, 1.82) is 0 Å². The lowest BCUT2D eigenvalue weighted by atomic mass is 10.0. The number of esters is 1. The summed E-state index contributed by atoms with van der Waals surface area (Å²) in [5.41, 5.74) is 1.66. The molecular weight excluding hydrogens is 572 g/mol. The Labute approximate surface area is 252 Å². The first-order valence-electron chi connectivity index (χ1n) is 13.3. The second kappa shape index (κ2) is 12.8. The molecule has 5 rings (SSSR count). The van der Waals surface area contributed by atoms with Crippen molar-refractivity contribution >= 4 is 41.5 Å². The van der Waals surface area contributed by atoms with Crippen molar-refractivity contribution in [2.45, 2.75) is 48.9 Å². The lowest BCUT2D eigenvalue weighted by molar-refractivity contribution is -0.153. The topological polar surface area (TPSA) is 111 Å². The summed E-state index contributed by atoms with van der Waals surface area (Å²) >= 11 is 2.80. The van der Waals surface area contributed by atoms with Crippen molar-refractivity contribution in [3.63, 3.8) is 0 Å². The van der Waals surface area contributed by atoms with Gasteiger partial charge in [-0.25, -0.2) is 14.6 Å².